The Labute approximate surface area is 108 Å². The van der Waals surface area contributed by atoms with Crippen LogP contribution in [0.15, 0.2) is 15.2 Å². The Morgan fingerprint density at radius 1 is 1.50 bits per heavy atom. The largest absolute Gasteiger partial charge is 0.396 e. The molecule has 1 amide bonds. The Kier molecular flexibility index (Phi) is 6.01. The van der Waals surface area contributed by atoms with E-state index < -0.39 is 0 Å². The van der Waals surface area contributed by atoms with Crippen LogP contribution in [0.2, 0.25) is 0 Å². The zero-order chi connectivity index (χ0) is 12.0. The predicted octanol–water partition coefficient (Wildman–Crippen LogP) is 2.75. The Hall–Kier alpha value is -0.390. The molecule has 0 aromatic carbocycles. The molecule has 1 heterocycles. The number of amides is 1. The van der Waals surface area contributed by atoms with Crippen LogP contribution in [-0.4, -0.2) is 36.1 Å². The smallest absolute Gasteiger partial charge is 0.254 e. The second-order valence-corrected chi connectivity index (χ2v) is 5.94. The van der Waals surface area contributed by atoms with Gasteiger partial charge in [0.25, 0.3) is 5.91 Å². The molecule has 0 atom stereocenters. The van der Waals surface area contributed by atoms with Crippen LogP contribution in [0, 0.1) is 0 Å². The van der Waals surface area contributed by atoms with Crippen LogP contribution in [-0.2, 0) is 0 Å². The quantitative estimate of drug-likeness (QED) is 0.821. The fourth-order valence-electron chi connectivity index (χ4n) is 1.38. The SMILES string of the molecule is CN(CCCCCO)C(=O)c1csc(Br)c1. The van der Waals surface area contributed by atoms with Crippen LogP contribution >= 0.6 is 27.3 Å². The van der Waals surface area contributed by atoms with Gasteiger partial charge in [0.2, 0.25) is 0 Å². The van der Waals surface area contributed by atoms with Gasteiger partial charge >= 0.3 is 0 Å². The molecular formula is C11H16BrNO2S. The van der Waals surface area contributed by atoms with Crippen LogP contribution in [0.5, 0.6) is 0 Å². The number of hydrogen-bond acceptors (Lipinski definition) is 3. The minimum atomic E-state index is 0.0611. The minimum absolute atomic E-state index is 0.0611. The van der Waals surface area contributed by atoms with Gasteiger partial charge in [0.1, 0.15) is 0 Å². The molecule has 0 aliphatic rings. The molecule has 1 rings (SSSR count). The number of rotatable bonds is 6. The highest BCUT2D eigenvalue weighted by atomic mass is 79.9. The molecule has 5 heteroatoms. The van der Waals surface area contributed by atoms with Gasteiger partial charge in [-0.3, -0.25) is 4.79 Å². The predicted molar refractivity (Wildman–Crippen MR) is 69.9 cm³/mol. The highest BCUT2D eigenvalue weighted by Crippen LogP contribution is 2.21. The summed E-state index contributed by atoms with van der Waals surface area (Å²) in [5, 5.41) is 10.5. The number of thiophene rings is 1. The summed E-state index contributed by atoms with van der Waals surface area (Å²) in [4.78, 5) is 13.6. The number of aliphatic hydroxyl groups excluding tert-OH is 1. The van der Waals surface area contributed by atoms with Gasteiger partial charge in [0.05, 0.1) is 9.35 Å². The molecule has 0 radical (unpaired) electrons. The van der Waals surface area contributed by atoms with Crippen molar-refractivity contribution in [2.75, 3.05) is 20.2 Å². The molecule has 0 saturated heterocycles. The normalized spacial score (nSPS) is 10.4. The van der Waals surface area contributed by atoms with Crippen molar-refractivity contribution >= 4 is 33.2 Å². The van der Waals surface area contributed by atoms with Gasteiger partial charge in [0, 0.05) is 25.6 Å². The maximum Gasteiger partial charge on any atom is 0.254 e. The maximum atomic E-state index is 11.9. The highest BCUT2D eigenvalue weighted by molar-refractivity contribution is 9.11. The van der Waals surface area contributed by atoms with Crippen molar-refractivity contribution in [1.29, 1.82) is 0 Å². The average molecular weight is 306 g/mol. The third kappa shape index (κ3) is 4.23. The Balaban J connectivity index is 2.36. The van der Waals surface area contributed by atoms with Crippen LogP contribution in [0.25, 0.3) is 0 Å². The summed E-state index contributed by atoms with van der Waals surface area (Å²) in [7, 11) is 1.81. The van der Waals surface area contributed by atoms with E-state index in [1.807, 2.05) is 18.5 Å². The summed E-state index contributed by atoms with van der Waals surface area (Å²) in [5.41, 5.74) is 0.738. The van der Waals surface area contributed by atoms with Gasteiger partial charge in [0.15, 0.2) is 0 Å². The highest BCUT2D eigenvalue weighted by Gasteiger charge is 2.12. The van der Waals surface area contributed by atoms with Gasteiger partial charge in [-0.2, -0.15) is 0 Å². The van der Waals surface area contributed by atoms with Crippen molar-refractivity contribution in [3.8, 4) is 0 Å². The number of carbonyl (C=O) groups is 1. The van der Waals surface area contributed by atoms with E-state index in [2.05, 4.69) is 15.9 Å². The first-order chi connectivity index (χ1) is 7.65. The number of unbranched alkanes of at least 4 members (excludes halogenated alkanes) is 2. The lowest BCUT2D eigenvalue weighted by atomic mass is 10.2. The number of carbonyl (C=O) groups excluding carboxylic acids is 1. The molecule has 0 aliphatic carbocycles. The molecule has 0 unspecified atom stereocenters. The third-order valence-electron chi connectivity index (χ3n) is 2.31. The molecule has 16 heavy (non-hydrogen) atoms. The van der Waals surface area contributed by atoms with Crippen molar-refractivity contribution in [2.45, 2.75) is 19.3 Å². The van der Waals surface area contributed by atoms with E-state index in [9.17, 15) is 4.79 Å². The van der Waals surface area contributed by atoms with Crippen molar-refractivity contribution in [1.82, 2.24) is 4.90 Å². The summed E-state index contributed by atoms with van der Waals surface area (Å²) < 4.78 is 0.976. The second kappa shape index (κ2) is 7.04. The van der Waals surface area contributed by atoms with E-state index in [0.717, 1.165) is 35.2 Å². The molecule has 0 bridgehead atoms. The summed E-state index contributed by atoms with van der Waals surface area (Å²) >= 11 is 4.86. The molecule has 0 spiro atoms. The van der Waals surface area contributed by atoms with E-state index in [0.29, 0.717) is 0 Å². The molecule has 1 aromatic heterocycles. The van der Waals surface area contributed by atoms with Crippen molar-refractivity contribution in [2.24, 2.45) is 0 Å². The van der Waals surface area contributed by atoms with Gasteiger partial charge in [-0.15, -0.1) is 11.3 Å². The molecular weight excluding hydrogens is 290 g/mol. The number of aliphatic hydroxyl groups is 1. The van der Waals surface area contributed by atoms with Crippen LogP contribution < -0.4 is 0 Å². The second-order valence-electron chi connectivity index (χ2n) is 3.65. The fraction of sp³-hybridized carbons (Fsp3) is 0.545. The van der Waals surface area contributed by atoms with Crippen molar-refractivity contribution in [3.05, 3.63) is 20.8 Å². The van der Waals surface area contributed by atoms with Crippen LogP contribution in [0.3, 0.4) is 0 Å². The molecule has 1 N–H and O–H groups in total. The summed E-state index contributed by atoms with van der Waals surface area (Å²) in [6.45, 7) is 0.974. The lowest BCUT2D eigenvalue weighted by molar-refractivity contribution is 0.0792. The van der Waals surface area contributed by atoms with E-state index in [4.69, 9.17) is 5.11 Å². The summed E-state index contributed by atoms with van der Waals surface area (Å²) in [5.74, 6) is 0.0611. The first kappa shape index (κ1) is 13.7. The number of halogens is 1. The molecule has 1 aromatic rings. The van der Waals surface area contributed by atoms with E-state index in [1.54, 1.807) is 4.90 Å². The van der Waals surface area contributed by atoms with Crippen molar-refractivity contribution < 1.29 is 9.90 Å². The lowest BCUT2D eigenvalue weighted by Gasteiger charge is -2.15. The van der Waals surface area contributed by atoms with Gasteiger partial charge in [-0.25, -0.2) is 0 Å². The number of nitrogens with zero attached hydrogens (tertiary/aromatic N) is 1. The summed E-state index contributed by atoms with van der Waals surface area (Å²) in [6, 6.07) is 1.84. The lowest BCUT2D eigenvalue weighted by Crippen LogP contribution is -2.27. The molecule has 0 aliphatic heterocycles. The zero-order valence-electron chi connectivity index (χ0n) is 9.28. The van der Waals surface area contributed by atoms with Crippen molar-refractivity contribution in [3.63, 3.8) is 0 Å². The van der Waals surface area contributed by atoms with Crippen LogP contribution in [0.1, 0.15) is 29.6 Å². The van der Waals surface area contributed by atoms with Gasteiger partial charge in [-0.1, -0.05) is 0 Å². The number of hydrogen-bond donors (Lipinski definition) is 1. The van der Waals surface area contributed by atoms with E-state index >= 15 is 0 Å². The Morgan fingerprint density at radius 3 is 2.81 bits per heavy atom. The first-order valence-electron chi connectivity index (χ1n) is 5.25. The van der Waals surface area contributed by atoms with Gasteiger partial charge < -0.3 is 10.0 Å². The van der Waals surface area contributed by atoms with E-state index in [1.165, 1.54) is 11.3 Å². The Morgan fingerprint density at radius 2 is 2.25 bits per heavy atom. The maximum absolute atomic E-state index is 11.9. The average Bonchev–Trinajstić information content (AvgIpc) is 2.70. The third-order valence-corrected chi connectivity index (χ3v) is 3.82. The Bertz CT molecular complexity index is 340. The molecule has 0 fully saturated rings. The van der Waals surface area contributed by atoms with Crippen LogP contribution in [0.4, 0.5) is 0 Å². The monoisotopic (exact) mass is 305 g/mol. The molecule has 3 nitrogen and oxygen atoms in total. The molecule has 90 valence electrons. The van der Waals surface area contributed by atoms with Gasteiger partial charge in [-0.05, 0) is 41.3 Å². The minimum Gasteiger partial charge on any atom is -0.396 e. The molecule has 0 saturated carbocycles. The standard InChI is InChI=1S/C11H16BrNO2S/c1-13(5-3-2-4-6-14)11(15)9-7-10(12)16-8-9/h7-8,14H,2-6H2,1H3. The fourth-order valence-corrected chi connectivity index (χ4v) is 2.51. The summed E-state index contributed by atoms with van der Waals surface area (Å²) in [6.07, 6.45) is 2.71. The first-order valence-corrected chi connectivity index (χ1v) is 6.92. The zero-order valence-corrected chi connectivity index (χ0v) is 11.7. The van der Waals surface area contributed by atoms with E-state index in [-0.39, 0.29) is 12.5 Å². The topological polar surface area (TPSA) is 40.5 Å².